The van der Waals surface area contributed by atoms with Crippen LogP contribution < -0.4 is 0 Å². The summed E-state index contributed by atoms with van der Waals surface area (Å²) >= 11 is 0. The molecule has 342 valence electrons. The standard InChI is InChI=1S/C54H90O6/c1-4-7-10-13-16-19-22-24-26-27-28-29-31-32-35-38-41-44-47-53(56)59-50-51(49-58-52(55)46-43-40-37-34-21-18-15-12-9-6-3)60-54(57)48-45-42-39-36-33-30-25-23-20-17-14-11-8-5-2/h10,13,15-16,18-19,22,24,26-30,33,51H,4-9,11-12,14,17,20-21,23,25,31-32,34-50H2,1-3H3/b13-10-,18-15-,19-16-,24-22-,27-26-,29-28-,33-30-. The van der Waals surface area contributed by atoms with Crippen LogP contribution in [0.4, 0.5) is 0 Å². The summed E-state index contributed by atoms with van der Waals surface area (Å²) in [6, 6.07) is 0. The molecule has 0 saturated carbocycles. The van der Waals surface area contributed by atoms with Crippen LogP contribution in [0.3, 0.4) is 0 Å². The summed E-state index contributed by atoms with van der Waals surface area (Å²) < 4.78 is 16.7. The highest BCUT2D eigenvalue weighted by Gasteiger charge is 2.19. The van der Waals surface area contributed by atoms with Crippen LogP contribution in [0.2, 0.25) is 0 Å². The highest BCUT2D eigenvalue weighted by molar-refractivity contribution is 5.71. The maximum atomic E-state index is 12.7. The summed E-state index contributed by atoms with van der Waals surface area (Å²) in [5, 5.41) is 0. The topological polar surface area (TPSA) is 78.9 Å². The molecular formula is C54H90O6. The van der Waals surface area contributed by atoms with Gasteiger partial charge >= 0.3 is 17.9 Å². The summed E-state index contributed by atoms with van der Waals surface area (Å²) in [7, 11) is 0. The zero-order valence-electron chi connectivity index (χ0n) is 38.9. The van der Waals surface area contributed by atoms with Gasteiger partial charge in [-0.25, -0.2) is 0 Å². The Bertz CT molecular complexity index is 1190. The van der Waals surface area contributed by atoms with Crippen LogP contribution in [0.5, 0.6) is 0 Å². The van der Waals surface area contributed by atoms with Crippen LogP contribution >= 0.6 is 0 Å². The van der Waals surface area contributed by atoms with E-state index in [9.17, 15) is 14.4 Å². The van der Waals surface area contributed by atoms with Gasteiger partial charge in [-0.2, -0.15) is 0 Å². The van der Waals surface area contributed by atoms with Crippen molar-refractivity contribution in [2.75, 3.05) is 13.2 Å². The third-order valence-electron chi connectivity index (χ3n) is 10.2. The van der Waals surface area contributed by atoms with Crippen molar-refractivity contribution in [3.8, 4) is 0 Å². The number of hydrogen-bond acceptors (Lipinski definition) is 6. The first-order valence-corrected chi connectivity index (χ1v) is 24.7. The molecule has 6 nitrogen and oxygen atoms in total. The van der Waals surface area contributed by atoms with E-state index in [2.05, 4.69) is 81.5 Å². The minimum Gasteiger partial charge on any atom is -0.462 e. The largest absolute Gasteiger partial charge is 0.462 e. The van der Waals surface area contributed by atoms with Gasteiger partial charge in [0.1, 0.15) is 13.2 Å². The zero-order chi connectivity index (χ0) is 43.7. The number of hydrogen-bond donors (Lipinski definition) is 0. The summed E-state index contributed by atoms with van der Waals surface area (Å²) in [4.78, 5) is 37.8. The van der Waals surface area contributed by atoms with Gasteiger partial charge in [0.25, 0.3) is 0 Å². The number of carbonyl (C=O) groups excluding carboxylic acids is 3. The van der Waals surface area contributed by atoms with Gasteiger partial charge in [0.2, 0.25) is 0 Å². The molecule has 0 radical (unpaired) electrons. The molecule has 1 atom stereocenters. The van der Waals surface area contributed by atoms with Crippen molar-refractivity contribution in [1.29, 1.82) is 0 Å². The van der Waals surface area contributed by atoms with Gasteiger partial charge in [-0.15, -0.1) is 0 Å². The van der Waals surface area contributed by atoms with Gasteiger partial charge in [0.15, 0.2) is 6.10 Å². The first kappa shape index (κ1) is 56.6. The smallest absolute Gasteiger partial charge is 0.306 e. The molecule has 60 heavy (non-hydrogen) atoms. The summed E-state index contributed by atoms with van der Waals surface area (Å²) in [5.74, 6) is -0.956. The Kier molecular flexibility index (Phi) is 45.5. The third-order valence-corrected chi connectivity index (χ3v) is 10.2. The number of allylic oxidation sites excluding steroid dienone is 14. The molecule has 0 amide bonds. The van der Waals surface area contributed by atoms with E-state index in [1.807, 2.05) is 24.3 Å². The first-order chi connectivity index (χ1) is 29.5. The average molecular weight is 835 g/mol. The quantitative estimate of drug-likeness (QED) is 0.0200. The fourth-order valence-electron chi connectivity index (χ4n) is 6.45. The number of unbranched alkanes of at least 4 members (excludes halogenated alkanes) is 22. The predicted molar refractivity (Wildman–Crippen MR) is 256 cm³/mol. The molecule has 0 aliphatic carbocycles. The molecule has 1 unspecified atom stereocenters. The SMILES string of the molecule is CCC\C=C/C=C\C=C/C=C\C=C/CCCCCCCC(=O)OCC(COC(=O)CCCCCC/C=C\CCCC)OC(=O)CCCCC/C=C\CCCCCCCCC. The lowest BCUT2D eigenvalue weighted by Crippen LogP contribution is -2.30. The molecule has 0 bridgehead atoms. The van der Waals surface area contributed by atoms with E-state index in [4.69, 9.17) is 14.2 Å². The van der Waals surface area contributed by atoms with E-state index in [0.717, 1.165) is 116 Å². The number of carbonyl (C=O) groups is 3. The molecule has 0 aromatic rings. The Hall–Kier alpha value is -3.41. The lowest BCUT2D eigenvalue weighted by Gasteiger charge is -2.18. The molecule has 0 aliphatic rings. The van der Waals surface area contributed by atoms with Gasteiger partial charge in [0.05, 0.1) is 0 Å². The van der Waals surface area contributed by atoms with Gasteiger partial charge in [-0.05, 0) is 83.5 Å². The lowest BCUT2D eigenvalue weighted by molar-refractivity contribution is -0.167. The Morgan fingerprint density at radius 3 is 1.12 bits per heavy atom. The fraction of sp³-hybridized carbons (Fsp3) is 0.685. The van der Waals surface area contributed by atoms with Crippen LogP contribution in [-0.2, 0) is 28.6 Å². The third kappa shape index (κ3) is 45.7. The van der Waals surface area contributed by atoms with Crippen molar-refractivity contribution in [2.45, 2.75) is 226 Å². The summed E-state index contributed by atoms with van der Waals surface area (Å²) in [5.41, 5.74) is 0. The van der Waals surface area contributed by atoms with E-state index < -0.39 is 6.10 Å². The number of esters is 3. The average Bonchev–Trinajstić information content (AvgIpc) is 3.24. The molecule has 0 spiro atoms. The highest BCUT2D eigenvalue weighted by atomic mass is 16.6. The van der Waals surface area contributed by atoms with Crippen LogP contribution in [0, 0.1) is 0 Å². The van der Waals surface area contributed by atoms with Gasteiger partial charge in [-0.3, -0.25) is 14.4 Å². The molecule has 0 fully saturated rings. The van der Waals surface area contributed by atoms with E-state index in [1.54, 1.807) is 0 Å². The minimum atomic E-state index is -0.798. The van der Waals surface area contributed by atoms with E-state index in [-0.39, 0.29) is 31.1 Å². The molecule has 0 saturated heterocycles. The van der Waals surface area contributed by atoms with Gasteiger partial charge in [0, 0.05) is 19.3 Å². The molecular weight excluding hydrogens is 745 g/mol. The van der Waals surface area contributed by atoms with E-state index >= 15 is 0 Å². The van der Waals surface area contributed by atoms with Crippen LogP contribution in [0.1, 0.15) is 220 Å². The van der Waals surface area contributed by atoms with Crippen molar-refractivity contribution in [1.82, 2.24) is 0 Å². The Balaban J connectivity index is 4.45. The Labute approximate surface area is 369 Å². The number of ether oxygens (including phenoxy) is 3. The van der Waals surface area contributed by atoms with Crippen LogP contribution in [0.15, 0.2) is 85.1 Å². The maximum absolute atomic E-state index is 12.7. The second-order valence-corrected chi connectivity index (χ2v) is 16.1. The summed E-state index contributed by atoms with van der Waals surface area (Å²) in [6.45, 7) is 6.44. The summed E-state index contributed by atoms with van der Waals surface area (Å²) in [6.07, 6.45) is 61.3. The van der Waals surface area contributed by atoms with Crippen LogP contribution in [-0.4, -0.2) is 37.2 Å². The molecule has 0 aromatic heterocycles. The van der Waals surface area contributed by atoms with Crippen molar-refractivity contribution in [3.63, 3.8) is 0 Å². The molecule has 0 rings (SSSR count). The van der Waals surface area contributed by atoms with Crippen molar-refractivity contribution in [3.05, 3.63) is 85.1 Å². The second kappa shape index (κ2) is 48.3. The van der Waals surface area contributed by atoms with Gasteiger partial charge < -0.3 is 14.2 Å². The lowest BCUT2D eigenvalue weighted by atomic mass is 10.1. The minimum absolute atomic E-state index is 0.0980. The molecule has 0 aliphatic heterocycles. The molecule has 6 heteroatoms. The Morgan fingerprint density at radius 1 is 0.333 bits per heavy atom. The Morgan fingerprint density at radius 2 is 0.667 bits per heavy atom. The number of rotatable bonds is 43. The first-order valence-electron chi connectivity index (χ1n) is 24.7. The maximum Gasteiger partial charge on any atom is 0.306 e. The molecule has 0 N–H and O–H groups in total. The van der Waals surface area contributed by atoms with Gasteiger partial charge in [-0.1, -0.05) is 202 Å². The van der Waals surface area contributed by atoms with Crippen molar-refractivity contribution >= 4 is 17.9 Å². The van der Waals surface area contributed by atoms with Crippen LogP contribution in [0.25, 0.3) is 0 Å². The van der Waals surface area contributed by atoms with E-state index in [0.29, 0.717) is 19.3 Å². The highest BCUT2D eigenvalue weighted by Crippen LogP contribution is 2.13. The zero-order valence-corrected chi connectivity index (χ0v) is 38.9. The van der Waals surface area contributed by atoms with Crippen molar-refractivity contribution < 1.29 is 28.6 Å². The molecule has 0 aromatic carbocycles. The fourth-order valence-corrected chi connectivity index (χ4v) is 6.45. The monoisotopic (exact) mass is 835 g/mol. The van der Waals surface area contributed by atoms with Crippen molar-refractivity contribution in [2.24, 2.45) is 0 Å². The predicted octanol–water partition coefficient (Wildman–Crippen LogP) is 16.0. The molecule has 0 heterocycles. The normalized spacial score (nSPS) is 12.8. The van der Waals surface area contributed by atoms with E-state index in [1.165, 1.54) is 64.2 Å². The second-order valence-electron chi connectivity index (χ2n) is 16.1.